The number of amides is 1. The molecule has 2 aliphatic rings. The Kier molecular flexibility index (Phi) is 6.30. The van der Waals surface area contributed by atoms with Crippen LogP contribution < -0.4 is 4.90 Å². The average Bonchev–Trinajstić information content (AvgIpc) is 3.04. The fourth-order valence-electron chi connectivity index (χ4n) is 4.48. The molecule has 4 rings (SSSR count). The maximum Gasteiger partial charge on any atom is 0.219 e. The molecule has 0 N–H and O–H groups in total. The lowest BCUT2D eigenvalue weighted by atomic mass is 9.94. The molecule has 2 aromatic rings. The largest absolute Gasteiger partial charge is 0.338 e. The molecule has 29 heavy (non-hydrogen) atoms. The van der Waals surface area contributed by atoms with E-state index in [1.807, 2.05) is 43.5 Å². The number of benzene rings is 1. The lowest BCUT2D eigenvalue weighted by molar-refractivity contribution is -0.129. The van der Waals surface area contributed by atoms with Crippen LogP contribution in [0.15, 0.2) is 12.1 Å². The van der Waals surface area contributed by atoms with Gasteiger partial charge >= 0.3 is 0 Å². The predicted molar refractivity (Wildman–Crippen MR) is 115 cm³/mol. The predicted octanol–water partition coefficient (Wildman–Crippen LogP) is 4.77. The molecule has 0 bridgehead atoms. The Balaban J connectivity index is 0.00000117. The Labute approximate surface area is 173 Å². The Morgan fingerprint density at radius 3 is 2.59 bits per heavy atom. The minimum Gasteiger partial charge on any atom is -0.338 e. The van der Waals surface area contributed by atoms with Gasteiger partial charge in [0, 0.05) is 50.4 Å². The highest BCUT2D eigenvalue weighted by Gasteiger charge is 2.30. The Morgan fingerprint density at radius 2 is 1.93 bits per heavy atom. The number of hydrogen-bond acceptors (Lipinski definition) is 3. The van der Waals surface area contributed by atoms with Crippen molar-refractivity contribution < 1.29 is 9.18 Å². The highest BCUT2D eigenvalue weighted by atomic mass is 19.1. The third-order valence-corrected chi connectivity index (χ3v) is 5.94. The van der Waals surface area contributed by atoms with E-state index < -0.39 is 6.17 Å². The van der Waals surface area contributed by atoms with E-state index in [4.69, 9.17) is 5.10 Å². The number of carbonyl (C=O) groups is 1. The zero-order valence-electron chi connectivity index (χ0n) is 18.5. The summed E-state index contributed by atoms with van der Waals surface area (Å²) in [7, 11) is 1.97. The van der Waals surface area contributed by atoms with Gasteiger partial charge in [0.1, 0.15) is 6.17 Å². The van der Waals surface area contributed by atoms with E-state index in [9.17, 15) is 9.18 Å². The molecule has 6 heteroatoms. The number of anilines is 2. The fourth-order valence-corrected chi connectivity index (χ4v) is 4.48. The molecule has 1 aromatic heterocycles. The molecular formula is C23H33FN4O. The molecule has 0 fully saturated rings. The summed E-state index contributed by atoms with van der Waals surface area (Å²) in [6, 6.07) is 4.13. The first-order chi connectivity index (χ1) is 13.9. The zero-order valence-corrected chi connectivity index (χ0v) is 18.5. The highest BCUT2D eigenvalue weighted by Crippen LogP contribution is 2.39. The van der Waals surface area contributed by atoms with Crippen LogP contribution in [-0.4, -0.2) is 33.7 Å². The fraction of sp³-hybridized carbons (Fsp3) is 0.565. The Morgan fingerprint density at radius 1 is 1.21 bits per heavy atom. The van der Waals surface area contributed by atoms with Gasteiger partial charge in [0.25, 0.3) is 0 Å². The summed E-state index contributed by atoms with van der Waals surface area (Å²) >= 11 is 0. The summed E-state index contributed by atoms with van der Waals surface area (Å²) in [4.78, 5) is 16.0. The first-order valence-electron chi connectivity index (χ1n) is 10.7. The number of alkyl halides is 1. The maximum absolute atomic E-state index is 14.1. The summed E-state index contributed by atoms with van der Waals surface area (Å²) in [5.74, 6) is 1.01. The van der Waals surface area contributed by atoms with Crippen molar-refractivity contribution in [3.8, 4) is 0 Å². The molecule has 3 heterocycles. The number of rotatable bonds is 2. The van der Waals surface area contributed by atoms with Gasteiger partial charge in [-0.15, -0.1) is 0 Å². The van der Waals surface area contributed by atoms with Gasteiger partial charge in [-0.05, 0) is 49.4 Å². The molecule has 0 spiro atoms. The molecule has 158 valence electrons. The van der Waals surface area contributed by atoms with Crippen molar-refractivity contribution in [1.29, 1.82) is 0 Å². The molecule has 0 saturated heterocycles. The topological polar surface area (TPSA) is 41.4 Å². The van der Waals surface area contributed by atoms with Gasteiger partial charge in [0.05, 0.1) is 6.54 Å². The van der Waals surface area contributed by atoms with Crippen LogP contribution in [0.4, 0.5) is 15.9 Å². The van der Waals surface area contributed by atoms with Crippen LogP contribution in [0, 0.1) is 6.92 Å². The molecule has 1 amide bonds. The van der Waals surface area contributed by atoms with Crippen LogP contribution in [0.5, 0.6) is 0 Å². The standard InChI is InChI=1S/C21H27FN4O.C2H6/c1-13-10-16-6-5-8-26(20(16)11-17(13)14(2)22)21-18-12-25(15(3)27)9-7-19(18)24(4)23-21;1-2/h10-11,14H,5-9,12H2,1-4H3;1-2H3. The number of hydrogen-bond donors (Lipinski definition) is 0. The van der Waals surface area contributed by atoms with Crippen molar-refractivity contribution in [1.82, 2.24) is 14.7 Å². The minimum absolute atomic E-state index is 0.0960. The summed E-state index contributed by atoms with van der Waals surface area (Å²) in [6.45, 7) is 11.4. The first-order valence-corrected chi connectivity index (χ1v) is 10.7. The SMILES string of the molecule is CC.CC(=O)N1CCc2c(c(N3CCCc4cc(C)c(C(C)F)cc43)nn2C)C1. The number of aromatic nitrogens is 2. The minimum atomic E-state index is -0.995. The second kappa shape index (κ2) is 8.56. The summed E-state index contributed by atoms with van der Waals surface area (Å²) in [5.41, 5.74) is 6.39. The molecule has 0 radical (unpaired) electrons. The second-order valence-corrected chi connectivity index (χ2v) is 7.77. The third kappa shape index (κ3) is 3.89. The van der Waals surface area contributed by atoms with E-state index in [1.165, 1.54) is 11.3 Å². The third-order valence-electron chi connectivity index (χ3n) is 5.94. The quantitative estimate of drug-likeness (QED) is 0.729. The lowest BCUT2D eigenvalue weighted by Crippen LogP contribution is -2.35. The van der Waals surface area contributed by atoms with E-state index in [0.717, 1.165) is 60.5 Å². The second-order valence-electron chi connectivity index (χ2n) is 7.77. The van der Waals surface area contributed by atoms with Crippen LogP contribution in [-0.2, 0) is 31.2 Å². The van der Waals surface area contributed by atoms with Gasteiger partial charge in [-0.3, -0.25) is 9.48 Å². The monoisotopic (exact) mass is 400 g/mol. The van der Waals surface area contributed by atoms with Gasteiger partial charge in [-0.25, -0.2) is 4.39 Å². The molecule has 5 nitrogen and oxygen atoms in total. The van der Waals surface area contributed by atoms with Gasteiger partial charge < -0.3 is 9.80 Å². The molecule has 1 atom stereocenters. The van der Waals surface area contributed by atoms with E-state index in [2.05, 4.69) is 11.0 Å². The Hall–Kier alpha value is -2.37. The molecular weight excluding hydrogens is 367 g/mol. The van der Waals surface area contributed by atoms with Crippen molar-refractivity contribution in [2.45, 2.75) is 66.6 Å². The van der Waals surface area contributed by atoms with Crippen LogP contribution in [0.2, 0.25) is 0 Å². The average molecular weight is 401 g/mol. The summed E-state index contributed by atoms with van der Waals surface area (Å²) in [6.07, 6.45) is 1.87. The van der Waals surface area contributed by atoms with Crippen molar-refractivity contribution in [3.63, 3.8) is 0 Å². The molecule has 0 aliphatic carbocycles. The van der Waals surface area contributed by atoms with Crippen LogP contribution in [0.25, 0.3) is 0 Å². The molecule has 0 saturated carbocycles. The highest BCUT2D eigenvalue weighted by molar-refractivity contribution is 5.75. The maximum atomic E-state index is 14.1. The number of fused-ring (bicyclic) bond motifs is 2. The van der Waals surface area contributed by atoms with E-state index in [0.29, 0.717) is 6.54 Å². The van der Waals surface area contributed by atoms with Gasteiger partial charge in [-0.2, -0.15) is 5.10 Å². The van der Waals surface area contributed by atoms with Crippen molar-refractivity contribution >= 4 is 17.4 Å². The molecule has 2 aliphatic heterocycles. The van der Waals surface area contributed by atoms with Crippen molar-refractivity contribution in [2.24, 2.45) is 7.05 Å². The van der Waals surface area contributed by atoms with E-state index >= 15 is 0 Å². The number of halogens is 1. The molecule has 1 unspecified atom stereocenters. The molecule has 1 aromatic carbocycles. The van der Waals surface area contributed by atoms with Crippen molar-refractivity contribution in [2.75, 3.05) is 18.0 Å². The van der Waals surface area contributed by atoms with Crippen molar-refractivity contribution in [3.05, 3.63) is 40.1 Å². The smallest absolute Gasteiger partial charge is 0.219 e. The number of nitrogens with zero attached hydrogens (tertiary/aromatic N) is 4. The van der Waals surface area contributed by atoms with E-state index in [-0.39, 0.29) is 5.91 Å². The summed E-state index contributed by atoms with van der Waals surface area (Å²) in [5, 5.41) is 4.82. The first kappa shape index (κ1) is 21.3. The number of carbonyl (C=O) groups excluding carboxylic acids is 1. The van der Waals surface area contributed by atoms with Gasteiger partial charge in [0.15, 0.2) is 5.82 Å². The van der Waals surface area contributed by atoms with Crippen LogP contribution in [0.3, 0.4) is 0 Å². The van der Waals surface area contributed by atoms with Crippen LogP contribution >= 0.6 is 0 Å². The van der Waals surface area contributed by atoms with E-state index in [1.54, 1.807) is 13.8 Å². The number of aryl methyl sites for hydroxylation is 3. The van der Waals surface area contributed by atoms with Gasteiger partial charge in [-0.1, -0.05) is 19.9 Å². The van der Waals surface area contributed by atoms with Gasteiger partial charge in [0.2, 0.25) is 5.91 Å². The Bertz CT molecular complexity index is 903. The normalized spacial score (nSPS) is 16.5. The lowest BCUT2D eigenvalue weighted by Gasteiger charge is -2.33. The van der Waals surface area contributed by atoms with Crippen LogP contribution in [0.1, 0.15) is 68.2 Å². The summed E-state index contributed by atoms with van der Waals surface area (Å²) < 4.78 is 16.1. The zero-order chi connectivity index (χ0) is 21.3.